The van der Waals surface area contributed by atoms with Crippen LogP contribution in [0.25, 0.3) is 5.69 Å². The zero-order chi connectivity index (χ0) is 20.1. The SMILES string of the molecule is CCC(=O)N(c1ccn(-c2ccccc2)n1)C1CCN(Cc2ccccc2)CC1. The van der Waals surface area contributed by atoms with E-state index in [-0.39, 0.29) is 11.9 Å². The number of rotatable bonds is 6. The number of benzene rings is 2. The lowest BCUT2D eigenvalue weighted by Gasteiger charge is -2.37. The molecule has 0 bridgehead atoms. The molecule has 5 nitrogen and oxygen atoms in total. The van der Waals surface area contributed by atoms with Crippen LogP contribution < -0.4 is 4.90 Å². The predicted molar refractivity (Wildman–Crippen MR) is 116 cm³/mol. The topological polar surface area (TPSA) is 41.4 Å². The number of piperidine rings is 1. The molecule has 3 aromatic rings. The minimum Gasteiger partial charge on any atom is -0.299 e. The van der Waals surface area contributed by atoms with Crippen LogP contribution in [0.15, 0.2) is 72.9 Å². The van der Waals surface area contributed by atoms with Crippen LogP contribution in [0.2, 0.25) is 0 Å². The Kier molecular flexibility index (Phi) is 6.06. The zero-order valence-corrected chi connectivity index (χ0v) is 16.9. The number of anilines is 1. The molecular formula is C24H28N4O. The number of aromatic nitrogens is 2. The summed E-state index contributed by atoms with van der Waals surface area (Å²) >= 11 is 0. The molecule has 0 aliphatic carbocycles. The van der Waals surface area contributed by atoms with E-state index in [2.05, 4.69) is 35.2 Å². The fraction of sp³-hybridized carbons (Fsp3) is 0.333. The summed E-state index contributed by atoms with van der Waals surface area (Å²) in [6.45, 7) is 4.88. The van der Waals surface area contributed by atoms with E-state index in [1.54, 1.807) is 0 Å². The van der Waals surface area contributed by atoms with Crippen LogP contribution in [-0.2, 0) is 11.3 Å². The van der Waals surface area contributed by atoms with Gasteiger partial charge in [0, 0.05) is 44.4 Å². The molecule has 0 saturated carbocycles. The highest BCUT2D eigenvalue weighted by atomic mass is 16.2. The number of likely N-dealkylation sites (tertiary alicyclic amines) is 1. The molecule has 5 heteroatoms. The average molecular weight is 389 g/mol. The molecule has 1 aliphatic rings. The highest BCUT2D eigenvalue weighted by molar-refractivity contribution is 5.92. The lowest BCUT2D eigenvalue weighted by molar-refractivity contribution is -0.119. The molecule has 0 unspecified atom stereocenters. The first-order chi connectivity index (χ1) is 14.2. The minimum atomic E-state index is 0.143. The van der Waals surface area contributed by atoms with Crippen molar-refractivity contribution in [3.8, 4) is 5.69 Å². The molecule has 150 valence electrons. The van der Waals surface area contributed by atoms with Crippen LogP contribution >= 0.6 is 0 Å². The summed E-state index contributed by atoms with van der Waals surface area (Å²) in [5.41, 5.74) is 2.34. The molecule has 1 saturated heterocycles. The van der Waals surface area contributed by atoms with Gasteiger partial charge in [-0.3, -0.25) is 14.6 Å². The lowest BCUT2D eigenvalue weighted by Crippen LogP contribution is -2.47. The number of para-hydroxylation sites is 1. The monoisotopic (exact) mass is 388 g/mol. The number of nitrogens with zero attached hydrogens (tertiary/aromatic N) is 4. The van der Waals surface area contributed by atoms with Gasteiger partial charge >= 0.3 is 0 Å². The Morgan fingerprint density at radius 2 is 1.66 bits per heavy atom. The third kappa shape index (κ3) is 4.57. The van der Waals surface area contributed by atoms with Crippen molar-refractivity contribution in [3.05, 3.63) is 78.5 Å². The van der Waals surface area contributed by atoms with E-state index in [0.29, 0.717) is 6.42 Å². The van der Waals surface area contributed by atoms with E-state index < -0.39 is 0 Å². The van der Waals surface area contributed by atoms with Crippen molar-refractivity contribution in [2.24, 2.45) is 0 Å². The van der Waals surface area contributed by atoms with Crippen LogP contribution in [0.4, 0.5) is 5.82 Å². The molecule has 1 aliphatic heterocycles. The first-order valence-corrected chi connectivity index (χ1v) is 10.4. The second kappa shape index (κ2) is 9.05. The van der Waals surface area contributed by atoms with E-state index in [1.807, 2.05) is 59.1 Å². The summed E-state index contributed by atoms with van der Waals surface area (Å²) < 4.78 is 1.84. The van der Waals surface area contributed by atoms with E-state index in [0.717, 1.165) is 44.0 Å². The van der Waals surface area contributed by atoms with Crippen LogP contribution in [-0.4, -0.2) is 39.7 Å². The van der Waals surface area contributed by atoms with Gasteiger partial charge in [0.2, 0.25) is 5.91 Å². The van der Waals surface area contributed by atoms with E-state index in [1.165, 1.54) is 5.56 Å². The Balaban J connectivity index is 1.46. The fourth-order valence-electron chi connectivity index (χ4n) is 4.03. The third-order valence-corrected chi connectivity index (χ3v) is 5.58. The Labute approximate surface area is 172 Å². The molecule has 29 heavy (non-hydrogen) atoms. The Hall–Kier alpha value is -2.92. The molecule has 2 heterocycles. The summed E-state index contributed by atoms with van der Waals surface area (Å²) in [6, 6.07) is 22.8. The normalized spacial score (nSPS) is 15.3. The summed E-state index contributed by atoms with van der Waals surface area (Å²) in [5.74, 6) is 0.895. The highest BCUT2D eigenvalue weighted by Crippen LogP contribution is 2.25. The van der Waals surface area contributed by atoms with Gasteiger partial charge in [-0.15, -0.1) is 5.10 Å². The van der Waals surface area contributed by atoms with Gasteiger partial charge in [0.15, 0.2) is 5.82 Å². The number of carbonyl (C=O) groups is 1. The van der Waals surface area contributed by atoms with Gasteiger partial charge < -0.3 is 0 Å². The van der Waals surface area contributed by atoms with Crippen molar-refractivity contribution < 1.29 is 4.79 Å². The molecule has 0 N–H and O–H groups in total. The van der Waals surface area contributed by atoms with E-state index in [9.17, 15) is 4.79 Å². The molecule has 1 amide bonds. The first kappa shape index (κ1) is 19.4. The van der Waals surface area contributed by atoms with Crippen molar-refractivity contribution >= 4 is 11.7 Å². The average Bonchev–Trinajstić information content (AvgIpc) is 3.26. The standard InChI is InChI=1S/C24H28N4O/c1-2-24(29)28(23-15-18-27(25-23)21-11-7-4-8-12-21)22-13-16-26(17-14-22)19-20-9-5-3-6-10-20/h3-12,15,18,22H,2,13-14,16-17,19H2,1H3. The maximum atomic E-state index is 12.8. The minimum absolute atomic E-state index is 0.143. The van der Waals surface area contributed by atoms with Crippen molar-refractivity contribution in [1.82, 2.24) is 14.7 Å². The Morgan fingerprint density at radius 1 is 1.00 bits per heavy atom. The van der Waals surface area contributed by atoms with Crippen molar-refractivity contribution in [2.45, 2.75) is 38.8 Å². The van der Waals surface area contributed by atoms with Crippen molar-refractivity contribution in [1.29, 1.82) is 0 Å². The molecule has 0 spiro atoms. The van der Waals surface area contributed by atoms with E-state index in [4.69, 9.17) is 5.10 Å². The molecule has 0 radical (unpaired) electrons. The van der Waals surface area contributed by atoms with Crippen LogP contribution in [0.5, 0.6) is 0 Å². The van der Waals surface area contributed by atoms with E-state index >= 15 is 0 Å². The lowest BCUT2D eigenvalue weighted by atomic mass is 10.0. The van der Waals surface area contributed by atoms with Gasteiger partial charge in [-0.2, -0.15) is 0 Å². The highest BCUT2D eigenvalue weighted by Gasteiger charge is 2.29. The quantitative estimate of drug-likeness (QED) is 0.633. The Bertz CT molecular complexity index is 914. The van der Waals surface area contributed by atoms with Gasteiger partial charge in [0.1, 0.15) is 0 Å². The van der Waals surface area contributed by atoms with Crippen LogP contribution in [0, 0.1) is 0 Å². The van der Waals surface area contributed by atoms with Gasteiger partial charge in [0.05, 0.1) is 5.69 Å². The Morgan fingerprint density at radius 3 is 2.31 bits per heavy atom. The zero-order valence-electron chi connectivity index (χ0n) is 16.9. The van der Waals surface area contributed by atoms with Crippen molar-refractivity contribution in [3.63, 3.8) is 0 Å². The third-order valence-electron chi connectivity index (χ3n) is 5.58. The molecule has 0 atom stereocenters. The second-order valence-electron chi connectivity index (χ2n) is 7.56. The number of carbonyl (C=O) groups excluding carboxylic acids is 1. The van der Waals surface area contributed by atoms with Gasteiger partial charge in [-0.1, -0.05) is 55.5 Å². The predicted octanol–water partition coefficient (Wildman–Crippen LogP) is 4.28. The number of hydrogen-bond donors (Lipinski definition) is 0. The van der Waals surface area contributed by atoms with Crippen LogP contribution in [0.1, 0.15) is 31.7 Å². The number of hydrogen-bond acceptors (Lipinski definition) is 3. The molecule has 1 fully saturated rings. The summed E-state index contributed by atoms with van der Waals surface area (Å²) in [7, 11) is 0. The largest absolute Gasteiger partial charge is 0.299 e. The maximum Gasteiger partial charge on any atom is 0.228 e. The van der Waals surface area contributed by atoms with Gasteiger partial charge in [-0.25, -0.2) is 4.68 Å². The van der Waals surface area contributed by atoms with Gasteiger partial charge in [0.25, 0.3) is 0 Å². The van der Waals surface area contributed by atoms with Crippen LogP contribution in [0.3, 0.4) is 0 Å². The fourth-order valence-corrected chi connectivity index (χ4v) is 4.03. The summed E-state index contributed by atoms with van der Waals surface area (Å²) in [6.07, 6.45) is 4.36. The molecular weight excluding hydrogens is 360 g/mol. The maximum absolute atomic E-state index is 12.8. The van der Waals surface area contributed by atoms with Crippen molar-refractivity contribution in [2.75, 3.05) is 18.0 Å². The second-order valence-corrected chi connectivity index (χ2v) is 7.56. The van der Waals surface area contributed by atoms with Gasteiger partial charge in [-0.05, 0) is 30.5 Å². The smallest absolute Gasteiger partial charge is 0.228 e. The first-order valence-electron chi connectivity index (χ1n) is 10.4. The molecule has 4 rings (SSSR count). The summed E-state index contributed by atoms with van der Waals surface area (Å²) in [4.78, 5) is 17.2. The number of amides is 1. The molecule has 2 aromatic carbocycles. The summed E-state index contributed by atoms with van der Waals surface area (Å²) in [5, 5.41) is 4.72. The molecule has 1 aromatic heterocycles.